The number of nitrogens with one attached hydrogen (secondary N) is 1. The summed E-state index contributed by atoms with van der Waals surface area (Å²) in [5.74, 6) is 1.22. The van der Waals surface area contributed by atoms with Gasteiger partial charge in [-0.25, -0.2) is 4.90 Å². The molecule has 5 nitrogen and oxygen atoms in total. The molecule has 22 heavy (non-hydrogen) atoms. The van der Waals surface area contributed by atoms with E-state index in [0.29, 0.717) is 18.7 Å². The molecule has 0 spiro atoms. The van der Waals surface area contributed by atoms with E-state index in [1.807, 2.05) is 12.1 Å². The molecule has 3 N–H and O–H groups in total. The van der Waals surface area contributed by atoms with E-state index in [-0.39, 0.29) is 5.91 Å². The van der Waals surface area contributed by atoms with Gasteiger partial charge in [-0.3, -0.25) is 9.37 Å². The zero-order chi connectivity index (χ0) is 16.1. The minimum atomic E-state index is -0.0251. The molecule has 1 heterocycles. The summed E-state index contributed by atoms with van der Waals surface area (Å²) in [4.78, 5) is 14.5. The minimum Gasteiger partial charge on any atom is -0.352 e. The molecule has 1 aliphatic rings. The van der Waals surface area contributed by atoms with E-state index in [4.69, 9.17) is 5.73 Å². The van der Waals surface area contributed by atoms with Crippen molar-refractivity contribution in [3.05, 3.63) is 29.3 Å². The molecule has 1 aromatic rings. The maximum atomic E-state index is 12.2. The van der Waals surface area contributed by atoms with Gasteiger partial charge in [-0.2, -0.15) is 0 Å². The Bertz CT molecular complexity index is 580. The quantitative estimate of drug-likeness (QED) is 0.619. The summed E-state index contributed by atoms with van der Waals surface area (Å²) in [7, 11) is 0. The number of nitrogens with two attached hydrogens (primary N) is 1. The number of carbonyl (C=O) groups excluding carboxylic acids is 1. The lowest BCUT2D eigenvalue weighted by atomic mass is 10.0. The van der Waals surface area contributed by atoms with Crippen LogP contribution in [0.1, 0.15) is 43.1 Å². The van der Waals surface area contributed by atoms with Gasteiger partial charge in [0.15, 0.2) is 0 Å². The number of nitrogens with zero attached hydrogens (tertiary/aromatic N) is 2. The van der Waals surface area contributed by atoms with Gasteiger partial charge in [-0.1, -0.05) is 6.07 Å². The molecular formula is C17H27N4O+. The van der Waals surface area contributed by atoms with Crippen molar-refractivity contribution in [2.75, 3.05) is 31.1 Å². The maximum absolute atomic E-state index is 12.2. The second kappa shape index (κ2) is 7.40. The Morgan fingerprint density at radius 3 is 2.82 bits per heavy atom. The molecule has 0 aliphatic carbocycles. The molecular weight excluding hydrogens is 276 g/mol. The van der Waals surface area contributed by atoms with E-state index in [0.717, 1.165) is 31.7 Å². The van der Waals surface area contributed by atoms with Gasteiger partial charge < -0.3 is 11.1 Å². The highest BCUT2D eigenvalue weighted by Gasteiger charge is 2.28. The second-order valence-electron chi connectivity index (χ2n) is 5.55. The van der Waals surface area contributed by atoms with Gasteiger partial charge in [0.05, 0.1) is 13.1 Å². The van der Waals surface area contributed by atoms with Crippen LogP contribution in [0.3, 0.4) is 0 Å². The molecule has 0 fully saturated rings. The van der Waals surface area contributed by atoms with Crippen LogP contribution >= 0.6 is 0 Å². The lowest BCUT2D eigenvalue weighted by Crippen LogP contribution is -2.40. The highest BCUT2D eigenvalue weighted by Crippen LogP contribution is 2.27. The van der Waals surface area contributed by atoms with Crippen molar-refractivity contribution in [3.63, 3.8) is 0 Å². The van der Waals surface area contributed by atoms with Gasteiger partial charge in [0, 0.05) is 24.6 Å². The molecule has 0 aromatic heterocycles. The highest BCUT2D eigenvalue weighted by atomic mass is 16.1. The van der Waals surface area contributed by atoms with Crippen molar-refractivity contribution in [2.45, 2.75) is 33.7 Å². The highest BCUT2D eigenvalue weighted by molar-refractivity contribution is 5.99. The first-order valence-corrected chi connectivity index (χ1v) is 8.09. The van der Waals surface area contributed by atoms with Crippen molar-refractivity contribution in [2.24, 2.45) is 5.73 Å². The Morgan fingerprint density at radius 1 is 1.41 bits per heavy atom. The van der Waals surface area contributed by atoms with Crippen LogP contribution in [0.2, 0.25) is 0 Å². The summed E-state index contributed by atoms with van der Waals surface area (Å²) in [6.45, 7) is 10.5. The maximum Gasteiger partial charge on any atom is 0.251 e. The van der Waals surface area contributed by atoms with Crippen LogP contribution in [0, 0.1) is 0 Å². The molecule has 2 rings (SSSR count). The van der Waals surface area contributed by atoms with E-state index < -0.39 is 0 Å². The zero-order valence-corrected chi connectivity index (χ0v) is 13.9. The van der Waals surface area contributed by atoms with Gasteiger partial charge in [0.1, 0.15) is 12.2 Å². The standard InChI is InChI=1S/C17H26N4O/c1-4-20-12-15-8-7-14(17(22)19-10-6-9-18)11-16(15)21(5-2)13(20)3/h7-8,11H,4-6,9-10,12,18H2,1-3H3/p+1. The number of carbonyl (C=O) groups is 1. The fraction of sp³-hybridized carbons (Fsp3) is 0.529. The van der Waals surface area contributed by atoms with Crippen molar-refractivity contribution in [1.82, 2.24) is 5.32 Å². The smallest absolute Gasteiger partial charge is 0.251 e. The van der Waals surface area contributed by atoms with Gasteiger partial charge in [0.2, 0.25) is 5.84 Å². The van der Waals surface area contributed by atoms with Crippen molar-refractivity contribution in [1.29, 1.82) is 0 Å². The van der Waals surface area contributed by atoms with E-state index in [1.165, 1.54) is 11.4 Å². The van der Waals surface area contributed by atoms with Crippen LogP contribution in [0.25, 0.3) is 0 Å². The summed E-state index contributed by atoms with van der Waals surface area (Å²) in [6.07, 6.45) is 0.802. The van der Waals surface area contributed by atoms with Crippen LogP contribution in [-0.4, -0.2) is 42.5 Å². The molecule has 1 aliphatic heterocycles. The van der Waals surface area contributed by atoms with Crippen LogP contribution < -0.4 is 16.0 Å². The number of rotatable bonds is 6. The monoisotopic (exact) mass is 303 g/mol. The average Bonchev–Trinajstić information content (AvgIpc) is 2.54. The van der Waals surface area contributed by atoms with Crippen molar-refractivity contribution in [3.8, 4) is 0 Å². The molecule has 1 aromatic carbocycles. The number of benzene rings is 1. The molecule has 0 atom stereocenters. The third-order valence-corrected chi connectivity index (χ3v) is 4.21. The van der Waals surface area contributed by atoms with Crippen LogP contribution in [0.15, 0.2) is 18.2 Å². The van der Waals surface area contributed by atoms with Crippen LogP contribution in [-0.2, 0) is 6.54 Å². The van der Waals surface area contributed by atoms with E-state index in [2.05, 4.69) is 41.6 Å². The molecule has 0 bridgehead atoms. The molecule has 0 saturated heterocycles. The molecule has 5 heteroatoms. The molecule has 0 radical (unpaired) electrons. The van der Waals surface area contributed by atoms with E-state index >= 15 is 0 Å². The van der Waals surface area contributed by atoms with Gasteiger partial charge in [-0.15, -0.1) is 0 Å². The summed E-state index contributed by atoms with van der Waals surface area (Å²) in [6, 6.07) is 6.00. The Hall–Kier alpha value is -1.88. The first-order chi connectivity index (χ1) is 10.6. The summed E-state index contributed by atoms with van der Waals surface area (Å²) in [5.41, 5.74) is 8.59. The lowest BCUT2D eigenvalue weighted by molar-refractivity contribution is -0.543. The zero-order valence-electron chi connectivity index (χ0n) is 13.9. The third kappa shape index (κ3) is 3.30. The molecule has 0 unspecified atom stereocenters. The summed E-state index contributed by atoms with van der Waals surface area (Å²) >= 11 is 0. The van der Waals surface area contributed by atoms with Crippen LogP contribution in [0.5, 0.6) is 0 Å². The lowest BCUT2D eigenvalue weighted by Gasteiger charge is -2.26. The molecule has 1 amide bonds. The third-order valence-electron chi connectivity index (χ3n) is 4.21. The number of fused-ring (bicyclic) bond motifs is 1. The summed E-state index contributed by atoms with van der Waals surface area (Å²) < 4.78 is 2.35. The second-order valence-corrected chi connectivity index (χ2v) is 5.55. The molecule has 0 saturated carbocycles. The predicted octanol–water partition coefficient (Wildman–Crippen LogP) is 1.56. The summed E-state index contributed by atoms with van der Waals surface area (Å²) in [5, 5.41) is 2.92. The van der Waals surface area contributed by atoms with Crippen molar-refractivity contribution >= 4 is 17.4 Å². The first-order valence-electron chi connectivity index (χ1n) is 8.09. The Morgan fingerprint density at radius 2 is 2.18 bits per heavy atom. The Labute approximate surface area is 132 Å². The largest absolute Gasteiger partial charge is 0.352 e. The topological polar surface area (TPSA) is 61.4 Å². The average molecular weight is 303 g/mol. The van der Waals surface area contributed by atoms with Crippen LogP contribution in [0.4, 0.5) is 5.69 Å². The number of hydrogen-bond acceptors (Lipinski definition) is 3. The number of anilines is 1. The normalized spacial score (nSPS) is 14.1. The number of amides is 1. The van der Waals surface area contributed by atoms with Crippen molar-refractivity contribution < 1.29 is 9.37 Å². The van der Waals surface area contributed by atoms with E-state index in [9.17, 15) is 4.79 Å². The molecule has 120 valence electrons. The van der Waals surface area contributed by atoms with E-state index in [1.54, 1.807) is 0 Å². The fourth-order valence-electron chi connectivity index (χ4n) is 2.90. The Kier molecular flexibility index (Phi) is 5.55. The number of hydrogen-bond donors (Lipinski definition) is 2. The van der Waals surface area contributed by atoms with Gasteiger partial charge in [-0.05, 0) is 38.9 Å². The van der Waals surface area contributed by atoms with Gasteiger partial charge in [0.25, 0.3) is 5.91 Å². The Balaban J connectivity index is 2.26. The fourth-order valence-corrected chi connectivity index (χ4v) is 2.90. The predicted molar refractivity (Wildman–Crippen MR) is 90.7 cm³/mol. The minimum absolute atomic E-state index is 0.0251. The SMILES string of the molecule is CCN1C(C)=[N+](CC)Cc2ccc(C(=O)NCCCN)cc21. The first kappa shape index (κ1) is 16.5. The number of amidine groups is 1. The van der Waals surface area contributed by atoms with Gasteiger partial charge >= 0.3 is 0 Å².